The van der Waals surface area contributed by atoms with Crippen molar-refractivity contribution in [3.63, 3.8) is 0 Å². The van der Waals surface area contributed by atoms with Crippen molar-refractivity contribution < 1.29 is 19.4 Å². The normalized spacial score (nSPS) is 11.7. The number of carbonyl (C=O) groups is 2. The summed E-state index contributed by atoms with van der Waals surface area (Å²) in [6.07, 6.45) is 1.15. The number of nitrogens with one attached hydrogen (secondary N) is 2. The molecule has 140 valence electrons. The summed E-state index contributed by atoms with van der Waals surface area (Å²) in [5.41, 5.74) is 1.79. The molecule has 1 aromatic carbocycles. The topological polar surface area (TPSA) is 105 Å². The molecule has 8 nitrogen and oxygen atoms in total. The van der Waals surface area contributed by atoms with Crippen molar-refractivity contribution in [2.45, 2.75) is 25.9 Å². The Hall–Kier alpha value is -2.87. The number of imidazole rings is 1. The van der Waals surface area contributed by atoms with Crippen LogP contribution in [-0.2, 0) is 16.6 Å². The van der Waals surface area contributed by atoms with Crippen molar-refractivity contribution in [3.8, 4) is 17.0 Å². The Labute approximate surface area is 152 Å². The average Bonchev–Trinajstić information content (AvgIpc) is 2.98. The summed E-state index contributed by atoms with van der Waals surface area (Å²) in [5, 5.41) is 14.4. The number of carbonyl (C=O) groups excluding carboxylic acids is 2. The summed E-state index contributed by atoms with van der Waals surface area (Å²) >= 11 is 0. The number of hydrogen-bond donors (Lipinski definition) is 3. The Balaban J connectivity index is 1.92. The third-order valence-electron chi connectivity index (χ3n) is 3.80. The Morgan fingerprint density at radius 3 is 2.50 bits per heavy atom. The predicted octanol–water partition coefficient (Wildman–Crippen LogP) is 1.31. The number of anilines is 1. The lowest BCUT2D eigenvalue weighted by Gasteiger charge is -2.09. The van der Waals surface area contributed by atoms with E-state index in [-0.39, 0.29) is 31.2 Å². The number of rotatable bonds is 8. The second-order valence-corrected chi connectivity index (χ2v) is 5.96. The number of hydrogen-bond acceptors (Lipinski definition) is 5. The van der Waals surface area contributed by atoms with E-state index in [2.05, 4.69) is 15.6 Å². The van der Waals surface area contributed by atoms with Gasteiger partial charge in [-0.1, -0.05) is 0 Å². The number of aromatic nitrogens is 2. The number of aliphatic hydroxyl groups excluding tert-OH is 1. The molecule has 1 unspecified atom stereocenters. The van der Waals surface area contributed by atoms with Crippen molar-refractivity contribution >= 4 is 17.8 Å². The molecule has 2 rings (SSSR count). The van der Waals surface area contributed by atoms with Crippen molar-refractivity contribution in [2.24, 2.45) is 7.05 Å². The summed E-state index contributed by atoms with van der Waals surface area (Å²) in [7, 11) is 3.41. The molecule has 1 atom stereocenters. The Kier molecular flexibility index (Phi) is 6.74. The zero-order chi connectivity index (χ0) is 19.1. The van der Waals surface area contributed by atoms with Crippen LogP contribution >= 0.6 is 0 Å². The standard InChI is InChI=1S/C18H24N4O4/c1-12(23)10-19-16(24)8-9-17(25)21-18-20-11-15(22(18)2)13-4-6-14(26-3)7-5-13/h4-7,11-12,23H,8-10H2,1-3H3,(H,19,24)(H,20,21,25). The van der Waals surface area contributed by atoms with E-state index < -0.39 is 6.10 Å². The third-order valence-corrected chi connectivity index (χ3v) is 3.80. The number of nitrogens with zero attached hydrogens (tertiary/aromatic N) is 2. The Morgan fingerprint density at radius 1 is 1.23 bits per heavy atom. The molecule has 0 aliphatic rings. The van der Waals surface area contributed by atoms with E-state index in [0.717, 1.165) is 17.0 Å². The monoisotopic (exact) mass is 360 g/mol. The van der Waals surface area contributed by atoms with Crippen molar-refractivity contribution in [1.82, 2.24) is 14.9 Å². The van der Waals surface area contributed by atoms with Gasteiger partial charge in [0.1, 0.15) is 5.75 Å². The minimum atomic E-state index is -0.614. The maximum Gasteiger partial charge on any atom is 0.227 e. The van der Waals surface area contributed by atoms with Gasteiger partial charge in [0.25, 0.3) is 0 Å². The minimum absolute atomic E-state index is 0.0381. The van der Waals surface area contributed by atoms with Gasteiger partial charge in [-0.25, -0.2) is 4.98 Å². The summed E-state index contributed by atoms with van der Waals surface area (Å²) in [4.78, 5) is 27.8. The van der Waals surface area contributed by atoms with E-state index in [4.69, 9.17) is 9.84 Å². The molecule has 2 amide bonds. The van der Waals surface area contributed by atoms with Gasteiger partial charge in [-0.15, -0.1) is 0 Å². The predicted molar refractivity (Wildman–Crippen MR) is 97.8 cm³/mol. The second-order valence-electron chi connectivity index (χ2n) is 5.96. The Bertz CT molecular complexity index is 753. The number of ether oxygens (including phenoxy) is 1. The molecular weight excluding hydrogens is 336 g/mol. The average molecular weight is 360 g/mol. The highest BCUT2D eigenvalue weighted by Gasteiger charge is 2.13. The van der Waals surface area contributed by atoms with Gasteiger partial charge in [0.05, 0.1) is 25.1 Å². The molecule has 1 heterocycles. The molecule has 0 bridgehead atoms. The van der Waals surface area contributed by atoms with Crippen LogP contribution in [0, 0.1) is 0 Å². The highest BCUT2D eigenvalue weighted by Crippen LogP contribution is 2.24. The van der Waals surface area contributed by atoms with E-state index in [0.29, 0.717) is 5.95 Å². The van der Waals surface area contributed by atoms with Gasteiger partial charge < -0.3 is 19.7 Å². The number of methoxy groups -OCH3 is 1. The zero-order valence-electron chi connectivity index (χ0n) is 15.2. The smallest absolute Gasteiger partial charge is 0.227 e. The SMILES string of the molecule is COc1ccc(-c2cnc(NC(=O)CCC(=O)NCC(C)O)n2C)cc1. The van der Waals surface area contributed by atoms with Crippen molar-refractivity contribution in [2.75, 3.05) is 19.0 Å². The lowest BCUT2D eigenvalue weighted by molar-refractivity contribution is -0.124. The van der Waals surface area contributed by atoms with Crippen LogP contribution in [0.3, 0.4) is 0 Å². The third kappa shape index (κ3) is 5.32. The highest BCUT2D eigenvalue weighted by atomic mass is 16.5. The van der Waals surface area contributed by atoms with Gasteiger partial charge in [0.15, 0.2) is 0 Å². The molecule has 0 saturated carbocycles. The van der Waals surface area contributed by atoms with Crippen LogP contribution in [0.25, 0.3) is 11.3 Å². The van der Waals surface area contributed by atoms with Gasteiger partial charge in [-0.3, -0.25) is 14.9 Å². The van der Waals surface area contributed by atoms with Gasteiger partial charge >= 0.3 is 0 Å². The van der Waals surface area contributed by atoms with Crippen molar-refractivity contribution in [3.05, 3.63) is 30.5 Å². The molecule has 0 saturated heterocycles. The maximum atomic E-state index is 12.0. The van der Waals surface area contributed by atoms with Crippen LogP contribution in [-0.4, -0.2) is 46.2 Å². The van der Waals surface area contributed by atoms with E-state index in [1.807, 2.05) is 24.3 Å². The van der Waals surface area contributed by atoms with Crippen LogP contribution in [0.2, 0.25) is 0 Å². The van der Waals surface area contributed by atoms with Crippen LogP contribution in [0.5, 0.6) is 5.75 Å². The fraction of sp³-hybridized carbons (Fsp3) is 0.389. The minimum Gasteiger partial charge on any atom is -0.497 e. The molecule has 0 aliphatic carbocycles. The summed E-state index contributed by atoms with van der Waals surface area (Å²) in [5.74, 6) is 0.593. The first kappa shape index (κ1) is 19.5. The van der Waals surface area contributed by atoms with E-state index in [1.54, 1.807) is 31.8 Å². The molecule has 1 aromatic heterocycles. The second kappa shape index (κ2) is 9.00. The van der Waals surface area contributed by atoms with Crippen LogP contribution in [0.4, 0.5) is 5.95 Å². The van der Waals surface area contributed by atoms with Gasteiger partial charge in [0.2, 0.25) is 17.8 Å². The van der Waals surface area contributed by atoms with Crippen LogP contribution in [0.1, 0.15) is 19.8 Å². The summed E-state index contributed by atoms with van der Waals surface area (Å²) in [6, 6.07) is 7.53. The highest BCUT2D eigenvalue weighted by molar-refractivity contribution is 5.92. The van der Waals surface area contributed by atoms with Gasteiger partial charge in [-0.05, 0) is 31.2 Å². The first-order valence-corrected chi connectivity index (χ1v) is 8.31. The quantitative estimate of drug-likeness (QED) is 0.658. The zero-order valence-corrected chi connectivity index (χ0v) is 15.2. The van der Waals surface area contributed by atoms with Crippen LogP contribution < -0.4 is 15.4 Å². The fourth-order valence-electron chi connectivity index (χ4n) is 2.32. The summed E-state index contributed by atoms with van der Waals surface area (Å²) in [6.45, 7) is 1.75. The molecule has 2 aromatic rings. The van der Waals surface area contributed by atoms with E-state index in [1.165, 1.54) is 0 Å². The maximum absolute atomic E-state index is 12.0. The molecule has 0 spiro atoms. The number of aliphatic hydroxyl groups is 1. The van der Waals surface area contributed by atoms with Gasteiger partial charge in [0, 0.05) is 32.0 Å². The molecule has 0 fully saturated rings. The number of benzene rings is 1. The molecule has 26 heavy (non-hydrogen) atoms. The van der Waals surface area contributed by atoms with Crippen molar-refractivity contribution in [1.29, 1.82) is 0 Å². The summed E-state index contributed by atoms with van der Waals surface area (Å²) < 4.78 is 6.91. The first-order chi connectivity index (χ1) is 12.4. The van der Waals surface area contributed by atoms with Crippen LogP contribution in [0.15, 0.2) is 30.5 Å². The van der Waals surface area contributed by atoms with Gasteiger partial charge in [-0.2, -0.15) is 0 Å². The van der Waals surface area contributed by atoms with E-state index in [9.17, 15) is 9.59 Å². The molecule has 3 N–H and O–H groups in total. The fourth-order valence-corrected chi connectivity index (χ4v) is 2.32. The molecule has 8 heteroatoms. The molecule has 0 aliphatic heterocycles. The van der Waals surface area contributed by atoms with E-state index >= 15 is 0 Å². The number of amides is 2. The first-order valence-electron chi connectivity index (χ1n) is 8.31. The Morgan fingerprint density at radius 2 is 1.88 bits per heavy atom. The molecular formula is C18H24N4O4. The molecule has 0 radical (unpaired) electrons. The largest absolute Gasteiger partial charge is 0.497 e. The lowest BCUT2D eigenvalue weighted by Crippen LogP contribution is -2.31. The lowest BCUT2D eigenvalue weighted by atomic mass is 10.1.